The summed E-state index contributed by atoms with van der Waals surface area (Å²) in [7, 11) is 1.75. The molecule has 4 rings (SSSR count). The maximum Gasteiger partial charge on any atom is 0.225 e. The van der Waals surface area contributed by atoms with Crippen molar-refractivity contribution in [3.05, 3.63) is 28.8 Å². The number of nitrogens with zero attached hydrogens (tertiary/aromatic N) is 1. The molecule has 2 aliphatic carbocycles. The molecule has 3 aliphatic rings. The van der Waals surface area contributed by atoms with E-state index in [-0.39, 0.29) is 11.8 Å². The van der Waals surface area contributed by atoms with Crippen LogP contribution in [-0.4, -0.2) is 41.7 Å². The number of amides is 1. The average Bonchev–Trinajstić information content (AvgIpc) is 2.58. The molecule has 1 amide bonds. The highest BCUT2D eigenvalue weighted by Crippen LogP contribution is 2.51. The molecule has 0 radical (unpaired) electrons. The minimum absolute atomic E-state index is 0.0516. The number of aliphatic hydroxyl groups is 1. The van der Waals surface area contributed by atoms with Crippen molar-refractivity contribution in [1.82, 2.24) is 4.90 Å². The molecule has 1 aliphatic heterocycles. The zero-order valence-corrected chi connectivity index (χ0v) is 17.2. The quantitative estimate of drug-likeness (QED) is 0.875. The fraction of sp³-hybridized carbons (Fsp3) is 0.696. The molecule has 0 aromatic heterocycles. The number of hydrogen-bond donors (Lipinski definition) is 1. The summed E-state index contributed by atoms with van der Waals surface area (Å²) in [5.41, 5.74) is 3.87. The number of aryl methyl sites for hydroxylation is 1. The normalized spacial score (nSPS) is 30.0. The lowest BCUT2D eigenvalue weighted by Crippen LogP contribution is -2.62. The largest absolute Gasteiger partial charge is 0.496 e. The van der Waals surface area contributed by atoms with Gasteiger partial charge in [0.25, 0.3) is 0 Å². The maximum absolute atomic E-state index is 12.6. The van der Waals surface area contributed by atoms with Crippen molar-refractivity contribution in [2.45, 2.75) is 70.8 Å². The first-order chi connectivity index (χ1) is 12.7. The Morgan fingerprint density at radius 2 is 1.81 bits per heavy atom. The van der Waals surface area contributed by atoms with Gasteiger partial charge in [0.15, 0.2) is 0 Å². The maximum atomic E-state index is 12.6. The number of methoxy groups -OCH3 is 1. The lowest BCUT2D eigenvalue weighted by atomic mass is 9.63. The van der Waals surface area contributed by atoms with Gasteiger partial charge in [0.1, 0.15) is 5.75 Å². The van der Waals surface area contributed by atoms with Crippen molar-refractivity contribution in [3.8, 4) is 5.75 Å². The molecule has 0 bridgehead atoms. The molecule has 1 saturated heterocycles. The van der Waals surface area contributed by atoms with Crippen LogP contribution in [0.4, 0.5) is 0 Å². The molecule has 0 unspecified atom stereocenters. The smallest absolute Gasteiger partial charge is 0.225 e. The van der Waals surface area contributed by atoms with Crippen LogP contribution in [0.25, 0.3) is 0 Å². The van der Waals surface area contributed by atoms with Gasteiger partial charge in [-0.2, -0.15) is 0 Å². The number of benzene rings is 1. The highest BCUT2D eigenvalue weighted by atomic mass is 16.5. The van der Waals surface area contributed by atoms with Gasteiger partial charge in [-0.05, 0) is 88.0 Å². The molecule has 4 nitrogen and oxygen atoms in total. The molecule has 1 aromatic rings. The number of likely N-dealkylation sites (tertiary alicyclic amines) is 1. The number of carbonyl (C=O) groups excluding carboxylic acids is 1. The van der Waals surface area contributed by atoms with Crippen molar-refractivity contribution >= 4 is 5.91 Å². The average molecular weight is 372 g/mol. The SMILES string of the molecule is COc1ccc(C)c(C2CCC3(CC2)CN(C(=O)C2CC(C)(O)C2)C3)c1C. The Morgan fingerprint density at radius 1 is 1.19 bits per heavy atom. The van der Waals surface area contributed by atoms with E-state index in [2.05, 4.69) is 26.0 Å². The second kappa shape index (κ2) is 6.51. The van der Waals surface area contributed by atoms with E-state index in [0.717, 1.165) is 18.8 Å². The van der Waals surface area contributed by atoms with Gasteiger partial charge >= 0.3 is 0 Å². The molecule has 148 valence electrons. The van der Waals surface area contributed by atoms with E-state index >= 15 is 0 Å². The zero-order valence-electron chi connectivity index (χ0n) is 17.2. The van der Waals surface area contributed by atoms with Crippen LogP contribution in [0, 0.1) is 25.2 Å². The van der Waals surface area contributed by atoms with Gasteiger partial charge in [-0.3, -0.25) is 4.79 Å². The van der Waals surface area contributed by atoms with Crippen molar-refractivity contribution in [2.24, 2.45) is 11.3 Å². The molecule has 4 heteroatoms. The van der Waals surface area contributed by atoms with Crippen molar-refractivity contribution < 1.29 is 14.6 Å². The summed E-state index contributed by atoms with van der Waals surface area (Å²) in [6.45, 7) is 8.07. The van der Waals surface area contributed by atoms with Gasteiger partial charge in [-0.1, -0.05) is 6.07 Å². The van der Waals surface area contributed by atoms with Gasteiger partial charge in [-0.15, -0.1) is 0 Å². The van der Waals surface area contributed by atoms with Crippen LogP contribution in [0.3, 0.4) is 0 Å². The van der Waals surface area contributed by atoms with E-state index in [1.54, 1.807) is 7.11 Å². The Labute approximate surface area is 162 Å². The topological polar surface area (TPSA) is 49.8 Å². The molecule has 0 atom stereocenters. The Balaban J connectivity index is 1.35. The molecule has 1 aromatic carbocycles. The van der Waals surface area contributed by atoms with Gasteiger partial charge in [-0.25, -0.2) is 0 Å². The van der Waals surface area contributed by atoms with E-state index < -0.39 is 5.60 Å². The van der Waals surface area contributed by atoms with Crippen LogP contribution >= 0.6 is 0 Å². The summed E-state index contributed by atoms with van der Waals surface area (Å²) in [6.07, 6.45) is 6.08. The zero-order chi connectivity index (χ0) is 19.4. The molecule has 1 spiro atoms. The molecular formula is C23H33NO3. The minimum Gasteiger partial charge on any atom is -0.496 e. The lowest BCUT2D eigenvalue weighted by molar-refractivity contribution is -0.163. The first-order valence-electron chi connectivity index (χ1n) is 10.4. The number of hydrogen-bond acceptors (Lipinski definition) is 3. The first-order valence-corrected chi connectivity index (χ1v) is 10.4. The summed E-state index contributed by atoms with van der Waals surface area (Å²) in [5, 5.41) is 9.89. The first kappa shape index (κ1) is 18.8. The van der Waals surface area contributed by atoms with Crippen LogP contribution in [0.5, 0.6) is 5.75 Å². The summed E-state index contributed by atoms with van der Waals surface area (Å²) >= 11 is 0. The second-order valence-corrected chi connectivity index (χ2v) is 9.69. The molecular weight excluding hydrogens is 338 g/mol. The second-order valence-electron chi connectivity index (χ2n) is 9.69. The highest BCUT2D eigenvalue weighted by molar-refractivity contribution is 5.81. The third-order valence-electron chi connectivity index (χ3n) is 7.44. The molecule has 1 N–H and O–H groups in total. The third-order valence-corrected chi connectivity index (χ3v) is 7.44. The fourth-order valence-electron chi connectivity index (χ4n) is 5.88. The van der Waals surface area contributed by atoms with Crippen molar-refractivity contribution in [2.75, 3.05) is 20.2 Å². The number of carbonyl (C=O) groups is 1. The van der Waals surface area contributed by atoms with Crippen molar-refractivity contribution in [3.63, 3.8) is 0 Å². The molecule has 3 fully saturated rings. The van der Waals surface area contributed by atoms with E-state index in [0.29, 0.717) is 24.2 Å². The Hall–Kier alpha value is -1.55. The Kier molecular flexibility index (Phi) is 4.53. The van der Waals surface area contributed by atoms with Crippen LogP contribution in [0.2, 0.25) is 0 Å². The van der Waals surface area contributed by atoms with Gasteiger partial charge in [0.2, 0.25) is 5.91 Å². The van der Waals surface area contributed by atoms with E-state index in [4.69, 9.17) is 4.74 Å². The van der Waals surface area contributed by atoms with E-state index in [1.165, 1.54) is 42.4 Å². The van der Waals surface area contributed by atoms with Gasteiger partial charge < -0.3 is 14.7 Å². The molecule has 1 heterocycles. The predicted octanol–water partition coefficient (Wildman–Crippen LogP) is 3.96. The van der Waals surface area contributed by atoms with Crippen molar-refractivity contribution in [1.29, 1.82) is 0 Å². The minimum atomic E-state index is -0.618. The molecule has 27 heavy (non-hydrogen) atoms. The van der Waals surface area contributed by atoms with E-state index in [9.17, 15) is 9.90 Å². The predicted molar refractivity (Wildman–Crippen MR) is 106 cm³/mol. The van der Waals surface area contributed by atoms with Crippen LogP contribution in [-0.2, 0) is 4.79 Å². The van der Waals surface area contributed by atoms with Crippen LogP contribution < -0.4 is 4.74 Å². The monoisotopic (exact) mass is 371 g/mol. The summed E-state index contributed by atoms with van der Waals surface area (Å²) in [4.78, 5) is 14.6. The summed E-state index contributed by atoms with van der Waals surface area (Å²) in [5.74, 6) is 1.93. The standard InChI is InChI=1S/C23H33NO3/c1-15-5-6-19(27-4)16(2)20(15)17-7-9-23(10-8-17)13-24(14-23)21(25)18-11-22(3,26)12-18/h5-6,17-18,26H,7-14H2,1-4H3. The van der Waals surface area contributed by atoms with Gasteiger partial charge in [0.05, 0.1) is 12.7 Å². The van der Waals surface area contributed by atoms with Crippen LogP contribution in [0.15, 0.2) is 12.1 Å². The lowest BCUT2D eigenvalue weighted by Gasteiger charge is -2.55. The summed E-state index contributed by atoms with van der Waals surface area (Å²) < 4.78 is 5.54. The van der Waals surface area contributed by atoms with E-state index in [1.807, 2.05) is 11.8 Å². The fourth-order valence-corrected chi connectivity index (χ4v) is 5.88. The molecule has 2 saturated carbocycles. The number of ether oxygens (including phenoxy) is 1. The summed E-state index contributed by atoms with van der Waals surface area (Å²) in [6, 6.07) is 4.26. The number of rotatable bonds is 3. The third kappa shape index (κ3) is 3.26. The van der Waals surface area contributed by atoms with Gasteiger partial charge in [0, 0.05) is 24.4 Å². The Bertz CT molecular complexity index is 730. The van der Waals surface area contributed by atoms with Crippen LogP contribution in [0.1, 0.15) is 68.1 Å². The highest BCUT2D eigenvalue weighted by Gasteiger charge is 2.51. The Morgan fingerprint density at radius 3 is 2.37 bits per heavy atom.